The number of carbonyl (C=O) groups excluding carboxylic acids is 2. The number of hydrogen-bond acceptors (Lipinski definition) is 4. The van der Waals surface area contributed by atoms with E-state index in [1.54, 1.807) is 23.3 Å². The van der Waals surface area contributed by atoms with Crippen molar-refractivity contribution in [2.45, 2.75) is 45.7 Å². The average molecular weight is 391 g/mol. The van der Waals surface area contributed by atoms with E-state index < -0.39 is 0 Å². The van der Waals surface area contributed by atoms with Crippen LogP contribution < -0.4 is 5.32 Å². The van der Waals surface area contributed by atoms with Crippen molar-refractivity contribution in [2.24, 2.45) is 0 Å². The maximum Gasteiger partial charge on any atom is 0.322 e. The molecule has 2 aliphatic rings. The number of hydrogen-bond donors (Lipinski definition) is 1. The SMILES string of the molecule is CCN(CC)CCC[C@H](C)N1CC2=C(C1=O)[C@H](c1cccs1)NC(=O)N2C. The van der Waals surface area contributed by atoms with Crippen LogP contribution >= 0.6 is 11.3 Å². The third-order valence-electron chi connectivity index (χ3n) is 5.74. The maximum atomic E-state index is 13.2. The molecule has 1 aromatic heterocycles. The van der Waals surface area contributed by atoms with Crippen LogP contribution in [0, 0.1) is 0 Å². The summed E-state index contributed by atoms with van der Waals surface area (Å²) in [6, 6.07) is 3.62. The van der Waals surface area contributed by atoms with Gasteiger partial charge in [0.2, 0.25) is 0 Å². The van der Waals surface area contributed by atoms with E-state index in [-0.39, 0.29) is 24.0 Å². The number of likely N-dealkylation sites (N-methyl/N-ethyl adjacent to an activating group) is 1. The first-order valence-corrected chi connectivity index (χ1v) is 10.7. The molecule has 0 radical (unpaired) electrons. The van der Waals surface area contributed by atoms with Crippen LogP contribution in [0.15, 0.2) is 28.8 Å². The molecule has 1 N–H and O–H groups in total. The molecule has 0 spiro atoms. The van der Waals surface area contributed by atoms with E-state index in [1.165, 1.54) is 0 Å². The van der Waals surface area contributed by atoms with Gasteiger partial charge in [-0.1, -0.05) is 19.9 Å². The lowest BCUT2D eigenvalue weighted by molar-refractivity contribution is -0.127. The zero-order chi connectivity index (χ0) is 19.6. The predicted molar refractivity (Wildman–Crippen MR) is 109 cm³/mol. The average Bonchev–Trinajstić information content (AvgIpc) is 3.30. The summed E-state index contributed by atoms with van der Waals surface area (Å²) in [6.45, 7) is 10.2. The highest BCUT2D eigenvalue weighted by Gasteiger charge is 2.44. The van der Waals surface area contributed by atoms with Crippen molar-refractivity contribution in [3.63, 3.8) is 0 Å². The Morgan fingerprint density at radius 3 is 2.70 bits per heavy atom. The molecule has 0 aromatic carbocycles. The van der Waals surface area contributed by atoms with Crippen molar-refractivity contribution in [3.05, 3.63) is 33.7 Å². The molecule has 148 valence electrons. The second-order valence-corrected chi connectivity index (χ2v) is 8.25. The molecule has 7 heteroatoms. The van der Waals surface area contributed by atoms with Crippen molar-refractivity contribution >= 4 is 23.3 Å². The van der Waals surface area contributed by atoms with Crippen LogP contribution in [-0.4, -0.2) is 65.9 Å². The Balaban J connectivity index is 1.72. The highest BCUT2D eigenvalue weighted by Crippen LogP contribution is 2.38. The number of urea groups is 1. The van der Waals surface area contributed by atoms with E-state index in [4.69, 9.17) is 0 Å². The Bertz CT molecular complexity index is 712. The molecule has 0 aliphatic carbocycles. The first kappa shape index (κ1) is 19.9. The van der Waals surface area contributed by atoms with E-state index in [1.807, 2.05) is 22.4 Å². The summed E-state index contributed by atoms with van der Waals surface area (Å²) in [5, 5.41) is 4.97. The molecule has 3 heterocycles. The van der Waals surface area contributed by atoms with Crippen LogP contribution in [0.1, 0.15) is 44.5 Å². The zero-order valence-corrected chi connectivity index (χ0v) is 17.5. The van der Waals surface area contributed by atoms with Crippen LogP contribution in [0.4, 0.5) is 4.79 Å². The maximum absolute atomic E-state index is 13.2. The van der Waals surface area contributed by atoms with E-state index in [9.17, 15) is 9.59 Å². The minimum atomic E-state index is -0.330. The van der Waals surface area contributed by atoms with Crippen molar-refractivity contribution in [3.8, 4) is 0 Å². The third-order valence-corrected chi connectivity index (χ3v) is 6.68. The summed E-state index contributed by atoms with van der Waals surface area (Å²) in [5.74, 6) is 0.0607. The minimum absolute atomic E-state index is 0.0607. The molecule has 0 fully saturated rings. The minimum Gasteiger partial charge on any atom is -0.330 e. The Morgan fingerprint density at radius 1 is 1.33 bits per heavy atom. The van der Waals surface area contributed by atoms with Crippen molar-refractivity contribution < 1.29 is 9.59 Å². The first-order chi connectivity index (χ1) is 13.0. The van der Waals surface area contributed by atoms with Crippen molar-refractivity contribution in [1.82, 2.24) is 20.0 Å². The van der Waals surface area contributed by atoms with Gasteiger partial charge in [0, 0.05) is 18.0 Å². The molecule has 0 unspecified atom stereocenters. The van der Waals surface area contributed by atoms with E-state index in [2.05, 4.69) is 31.0 Å². The lowest BCUT2D eigenvalue weighted by atomic mass is 10.0. The molecule has 0 saturated heterocycles. The molecular weight excluding hydrogens is 360 g/mol. The standard InChI is InChI=1S/C20H30N4O2S/c1-5-23(6-2)11-7-9-14(3)24-13-15-17(19(24)25)18(16-10-8-12-27-16)21-20(26)22(15)4/h8,10,12,14,18H,5-7,9,11,13H2,1-4H3,(H,21,26)/t14-,18-/m0/s1. The van der Waals surface area contributed by atoms with Gasteiger partial charge in [0.25, 0.3) is 5.91 Å². The van der Waals surface area contributed by atoms with Crippen LogP contribution in [-0.2, 0) is 4.79 Å². The molecule has 2 aliphatic heterocycles. The lowest BCUT2D eigenvalue weighted by Gasteiger charge is -2.30. The van der Waals surface area contributed by atoms with Crippen LogP contribution in [0.5, 0.6) is 0 Å². The smallest absolute Gasteiger partial charge is 0.322 e. The normalized spacial score (nSPS) is 21.1. The number of carbonyl (C=O) groups is 2. The second-order valence-electron chi connectivity index (χ2n) is 7.27. The third kappa shape index (κ3) is 3.89. The van der Waals surface area contributed by atoms with Gasteiger partial charge in [0.15, 0.2) is 0 Å². The zero-order valence-electron chi connectivity index (χ0n) is 16.7. The molecule has 3 rings (SSSR count). The first-order valence-electron chi connectivity index (χ1n) is 9.81. The van der Waals surface area contributed by atoms with Gasteiger partial charge < -0.3 is 15.1 Å². The summed E-state index contributed by atoms with van der Waals surface area (Å²) in [6.07, 6.45) is 2.04. The number of nitrogens with zero attached hydrogens (tertiary/aromatic N) is 3. The van der Waals surface area contributed by atoms with Gasteiger partial charge in [0.05, 0.1) is 23.9 Å². The van der Waals surface area contributed by atoms with Crippen molar-refractivity contribution in [1.29, 1.82) is 0 Å². The van der Waals surface area contributed by atoms with Gasteiger partial charge in [0.1, 0.15) is 0 Å². The monoisotopic (exact) mass is 390 g/mol. The number of amides is 3. The molecule has 1 aromatic rings. The summed E-state index contributed by atoms with van der Waals surface area (Å²) < 4.78 is 0. The molecule has 3 amide bonds. The highest BCUT2D eigenvalue weighted by molar-refractivity contribution is 7.10. The number of rotatable bonds is 8. The van der Waals surface area contributed by atoms with Gasteiger partial charge in [-0.05, 0) is 50.8 Å². The Hall–Kier alpha value is -1.86. The van der Waals surface area contributed by atoms with Crippen molar-refractivity contribution in [2.75, 3.05) is 33.2 Å². The van der Waals surface area contributed by atoms with Gasteiger partial charge in [-0.15, -0.1) is 11.3 Å². The molecule has 6 nitrogen and oxygen atoms in total. The predicted octanol–water partition coefficient (Wildman–Crippen LogP) is 3.05. The fourth-order valence-electron chi connectivity index (χ4n) is 3.92. The van der Waals surface area contributed by atoms with E-state index in [0.717, 1.165) is 48.6 Å². The molecule has 27 heavy (non-hydrogen) atoms. The summed E-state index contributed by atoms with van der Waals surface area (Å²) in [7, 11) is 1.75. The summed E-state index contributed by atoms with van der Waals surface area (Å²) in [4.78, 5) is 32.6. The van der Waals surface area contributed by atoms with Gasteiger partial charge in [-0.3, -0.25) is 9.69 Å². The van der Waals surface area contributed by atoms with Gasteiger partial charge in [-0.25, -0.2) is 4.79 Å². The van der Waals surface area contributed by atoms with Gasteiger partial charge >= 0.3 is 6.03 Å². The fourth-order valence-corrected chi connectivity index (χ4v) is 4.70. The van der Waals surface area contributed by atoms with Gasteiger partial charge in [-0.2, -0.15) is 0 Å². The molecular formula is C20H30N4O2S. The highest BCUT2D eigenvalue weighted by atomic mass is 32.1. The Kier molecular flexibility index (Phi) is 6.22. The van der Waals surface area contributed by atoms with E-state index in [0.29, 0.717) is 6.54 Å². The number of thiophene rings is 1. The Labute approximate surface area is 165 Å². The van der Waals surface area contributed by atoms with Crippen LogP contribution in [0.25, 0.3) is 0 Å². The Morgan fingerprint density at radius 2 is 2.07 bits per heavy atom. The van der Waals surface area contributed by atoms with Crippen LogP contribution in [0.2, 0.25) is 0 Å². The fraction of sp³-hybridized carbons (Fsp3) is 0.600. The summed E-state index contributed by atoms with van der Waals surface area (Å²) >= 11 is 1.57. The largest absolute Gasteiger partial charge is 0.330 e. The molecule has 2 atom stereocenters. The van der Waals surface area contributed by atoms with Crippen LogP contribution in [0.3, 0.4) is 0 Å². The molecule has 0 bridgehead atoms. The quantitative estimate of drug-likeness (QED) is 0.742. The van der Waals surface area contributed by atoms with E-state index >= 15 is 0 Å². The summed E-state index contributed by atoms with van der Waals surface area (Å²) in [5.41, 5.74) is 1.58. The second kappa shape index (κ2) is 8.44. The topological polar surface area (TPSA) is 55.9 Å². The number of nitrogens with one attached hydrogen (secondary N) is 1. The molecule has 0 saturated carbocycles. The lowest BCUT2D eigenvalue weighted by Crippen LogP contribution is -2.45.